The highest BCUT2D eigenvalue weighted by molar-refractivity contribution is 6.08. The fourth-order valence-electron chi connectivity index (χ4n) is 3.22. The molecule has 0 fully saturated rings. The number of halogens is 1. The van der Waals surface area contributed by atoms with Crippen LogP contribution in [0.5, 0.6) is 0 Å². The predicted octanol–water partition coefficient (Wildman–Crippen LogP) is 5.22. The second-order valence-corrected chi connectivity index (χ2v) is 5.54. The van der Waals surface area contributed by atoms with E-state index in [2.05, 4.69) is 11.1 Å². The Morgan fingerprint density at radius 1 is 1.17 bits per heavy atom. The number of hydrogen-bond donors (Lipinski definition) is 0. The summed E-state index contributed by atoms with van der Waals surface area (Å²) >= 11 is 0. The van der Waals surface area contributed by atoms with Crippen LogP contribution in [-0.4, -0.2) is 4.98 Å². The van der Waals surface area contributed by atoms with Crippen LogP contribution in [0.3, 0.4) is 0 Å². The molecule has 4 heteroatoms. The van der Waals surface area contributed by atoms with E-state index in [9.17, 15) is 5.26 Å². The van der Waals surface area contributed by atoms with Crippen molar-refractivity contribution >= 4 is 22.1 Å². The molecular formula is C20H13FN2O. The first-order chi connectivity index (χ1) is 11.8. The third kappa shape index (κ3) is 1.92. The maximum Gasteiger partial charge on any atom is 0.227 e. The van der Waals surface area contributed by atoms with Crippen LogP contribution in [0.2, 0.25) is 0 Å². The first kappa shape index (κ1) is 14.4. The Kier molecular flexibility index (Phi) is 3.28. The number of nitrogens with zero attached hydrogens (tertiary/aromatic N) is 2. The van der Waals surface area contributed by atoms with Crippen LogP contribution in [0.25, 0.3) is 33.2 Å². The summed E-state index contributed by atoms with van der Waals surface area (Å²) in [6.45, 7) is 1.91. The first-order valence-corrected chi connectivity index (χ1v) is 7.73. The Morgan fingerprint density at radius 2 is 1.96 bits per heavy atom. The molecule has 0 aliphatic rings. The summed E-state index contributed by atoms with van der Waals surface area (Å²) in [5.41, 5.74) is 2.88. The van der Waals surface area contributed by atoms with Crippen LogP contribution in [-0.2, 0) is 6.42 Å². The molecule has 4 rings (SSSR count). The van der Waals surface area contributed by atoms with E-state index < -0.39 is 0 Å². The molecule has 0 bridgehead atoms. The van der Waals surface area contributed by atoms with Crippen molar-refractivity contribution in [2.75, 3.05) is 0 Å². The summed E-state index contributed by atoms with van der Waals surface area (Å²) < 4.78 is 21.2. The van der Waals surface area contributed by atoms with E-state index in [1.54, 1.807) is 18.3 Å². The molecule has 2 heterocycles. The summed E-state index contributed by atoms with van der Waals surface area (Å²) in [7, 11) is 0. The van der Waals surface area contributed by atoms with Gasteiger partial charge in [-0.25, -0.2) is 9.37 Å². The average Bonchev–Trinajstić information content (AvgIpc) is 3.01. The van der Waals surface area contributed by atoms with Gasteiger partial charge in [0.1, 0.15) is 11.9 Å². The summed E-state index contributed by atoms with van der Waals surface area (Å²) in [5.74, 6) is -0.362. The Labute approximate surface area is 138 Å². The van der Waals surface area contributed by atoms with E-state index in [4.69, 9.17) is 4.42 Å². The van der Waals surface area contributed by atoms with Crippen molar-refractivity contribution in [2.45, 2.75) is 13.3 Å². The molecule has 0 amide bonds. The van der Waals surface area contributed by atoms with Crippen molar-refractivity contribution in [3.63, 3.8) is 0 Å². The second kappa shape index (κ2) is 5.47. The van der Waals surface area contributed by atoms with Crippen molar-refractivity contribution < 1.29 is 8.81 Å². The van der Waals surface area contributed by atoms with Gasteiger partial charge < -0.3 is 4.42 Å². The molecular weight excluding hydrogens is 303 g/mol. The molecule has 24 heavy (non-hydrogen) atoms. The molecule has 0 unspecified atom stereocenters. The molecule has 2 aromatic carbocycles. The number of fused-ring (bicyclic) bond motifs is 3. The number of benzene rings is 2. The van der Waals surface area contributed by atoms with Crippen LogP contribution < -0.4 is 0 Å². The van der Waals surface area contributed by atoms with Crippen LogP contribution in [0.15, 0.2) is 53.1 Å². The maximum absolute atomic E-state index is 15.5. The molecule has 0 atom stereocenters. The maximum atomic E-state index is 15.5. The first-order valence-electron chi connectivity index (χ1n) is 7.73. The average molecular weight is 316 g/mol. The molecule has 0 saturated heterocycles. The lowest BCUT2D eigenvalue weighted by Crippen LogP contribution is -1.98. The largest absolute Gasteiger partial charge is 0.436 e. The monoisotopic (exact) mass is 316 g/mol. The van der Waals surface area contributed by atoms with Crippen molar-refractivity contribution in [1.29, 1.82) is 5.26 Å². The minimum atomic E-state index is -0.362. The van der Waals surface area contributed by atoms with E-state index in [0.717, 1.165) is 5.56 Å². The fourth-order valence-corrected chi connectivity index (χ4v) is 3.22. The fraction of sp³-hybridized carbons (Fsp3) is 0.100. The Balaban J connectivity index is 2.26. The molecule has 0 radical (unpaired) electrons. The van der Waals surface area contributed by atoms with E-state index in [0.29, 0.717) is 39.6 Å². The molecule has 0 N–H and O–H groups in total. The van der Waals surface area contributed by atoms with Gasteiger partial charge in [-0.1, -0.05) is 37.3 Å². The van der Waals surface area contributed by atoms with Gasteiger partial charge in [0.25, 0.3) is 0 Å². The summed E-state index contributed by atoms with van der Waals surface area (Å²) in [4.78, 5) is 4.15. The lowest BCUT2D eigenvalue weighted by atomic mass is 9.91. The zero-order chi connectivity index (χ0) is 16.7. The van der Waals surface area contributed by atoms with Crippen molar-refractivity contribution in [3.8, 4) is 17.2 Å². The molecule has 0 aliphatic heterocycles. The van der Waals surface area contributed by atoms with Gasteiger partial charge in [-0.3, -0.25) is 0 Å². The van der Waals surface area contributed by atoms with Crippen molar-refractivity contribution in [1.82, 2.24) is 4.98 Å². The van der Waals surface area contributed by atoms with Gasteiger partial charge in [0.2, 0.25) is 5.71 Å². The summed E-state index contributed by atoms with van der Waals surface area (Å²) in [6.07, 6.45) is 2.12. The summed E-state index contributed by atoms with van der Waals surface area (Å²) in [6, 6.07) is 15.0. The van der Waals surface area contributed by atoms with Gasteiger partial charge >= 0.3 is 0 Å². The number of furan rings is 1. The Morgan fingerprint density at radius 3 is 2.67 bits per heavy atom. The Hall–Kier alpha value is -3.19. The van der Waals surface area contributed by atoms with Gasteiger partial charge in [0.05, 0.1) is 16.3 Å². The third-order valence-corrected chi connectivity index (χ3v) is 4.26. The minimum Gasteiger partial charge on any atom is -0.436 e. The zero-order valence-electron chi connectivity index (χ0n) is 13.0. The second-order valence-electron chi connectivity index (χ2n) is 5.54. The minimum absolute atomic E-state index is 0.278. The molecule has 0 saturated carbocycles. The predicted molar refractivity (Wildman–Crippen MR) is 91.0 cm³/mol. The summed E-state index contributed by atoms with van der Waals surface area (Å²) in [5, 5.41) is 10.6. The topological polar surface area (TPSA) is 49.8 Å². The molecule has 2 aromatic heterocycles. The Bertz CT molecular complexity index is 1110. The molecule has 0 aliphatic carbocycles. The van der Waals surface area contributed by atoms with E-state index >= 15 is 4.39 Å². The van der Waals surface area contributed by atoms with Gasteiger partial charge in [0.15, 0.2) is 5.58 Å². The highest BCUT2D eigenvalue weighted by atomic mass is 19.1. The van der Waals surface area contributed by atoms with Crippen molar-refractivity contribution in [3.05, 3.63) is 65.6 Å². The lowest BCUT2D eigenvalue weighted by molar-refractivity contribution is 0.630. The highest BCUT2D eigenvalue weighted by Crippen LogP contribution is 2.40. The molecule has 3 nitrogen and oxygen atoms in total. The van der Waals surface area contributed by atoms with Crippen LogP contribution in [0.4, 0.5) is 4.39 Å². The van der Waals surface area contributed by atoms with E-state index in [-0.39, 0.29) is 11.4 Å². The standard InChI is InChI=1S/C20H13FN2O/c1-2-13-15(11-22)19-17(14-9-6-10-23-20(14)24-19)18(21)16(13)12-7-4-3-5-8-12/h3-10H,2H2,1H3. The van der Waals surface area contributed by atoms with Gasteiger partial charge in [-0.15, -0.1) is 0 Å². The van der Waals surface area contributed by atoms with Gasteiger partial charge in [0, 0.05) is 11.8 Å². The normalized spacial score (nSPS) is 11.0. The zero-order valence-corrected chi connectivity index (χ0v) is 13.0. The molecule has 4 aromatic rings. The van der Waals surface area contributed by atoms with E-state index in [1.165, 1.54) is 0 Å². The van der Waals surface area contributed by atoms with Gasteiger partial charge in [-0.05, 0) is 29.7 Å². The number of pyridine rings is 1. The van der Waals surface area contributed by atoms with E-state index in [1.807, 2.05) is 37.3 Å². The van der Waals surface area contributed by atoms with Crippen LogP contribution in [0.1, 0.15) is 18.1 Å². The third-order valence-electron chi connectivity index (χ3n) is 4.26. The number of nitriles is 1. The lowest BCUT2D eigenvalue weighted by Gasteiger charge is -2.12. The number of rotatable bonds is 2. The molecule has 116 valence electrons. The number of aromatic nitrogens is 1. The van der Waals surface area contributed by atoms with Crippen LogP contribution in [0, 0.1) is 17.1 Å². The van der Waals surface area contributed by atoms with Gasteiger partial charge in [-0.2, -0.15) is 5.26 Å². The molecule has 0 spiro atoms. The van der Waals surface area contributed by atoms with Crippen LogP contribution >= 0.6 is 0 Å². The number of hydrogen-bond acceptors (Lipinski definition) is 3. The SMILES string of the molecule is CCc1c(-c2ccccc2)c(F)c2c(oc3ncccc32)c1C#N. The van der Waals surface area contributed by atoms with Crippen molar-refractivity contribution in [2.24, 2.45) is 0 Å². The smallest absolute Gasteiger partial charge is 0.227 e. The quantitative estimate of drug-likeness (QED) is 0.509. The highest BCUT2D eigenvalue weighted by Gasteiger charge is 2.24.